The molecule has 108 valence electrons. The summed E-state index contributed by atoms with van der Waals surface area (Å²) in [6.07, 6.45) is 4.95. The van der Waals surface area contributed by atoms with Crippen LogP contribution in [-0.2, 0) is 0 Å². The third-order valence-corrected chi connectivity index (χ3v) is 4.48. The second-order valence-electron chi connectivity index (χ2n) is 5.16. The van der Waals surface area contributed by atoms with E-state index >= 15 is 0 Å². The van der Waals surface area contributed by atoms with Gasteiger partial charge in [-0.1, -0.05) is 12.8 Å². The molecule has 0 aromatic carbocycles. The van der Waals surface area contributed by atoms with Crippen LogP contribution < -0.4 is 10.6 Å². The topological polar surface area (TPSA) is 81.1 Å². The third-order valence-electron chi connectivity index (χ3n) is 3.43. The van der Waals surface area contributed by atoms with Gasteiger partial charge in [-0.3, -0.25) is 0 Å². The average Bonchev–Trinajstić information content (AvgIpc) is 3.02. The molecule has 20 heavy (non-hydrogen) atoms. The fourth-order valence-electron chi connectivity index (χ4n) is 2.31. The van der Waals surface area contributed by atoms with Crippen LogP contribution in [0.2, 0.25) is 0 Å². The molecular formula is C13H19N5OS. The zero-order chi connectivity index (χ0) is 13.9. The summed E-state index contributed by atoms with van der Waals surface area (Å²) in [5, 5.41) is 6.88. The minimum absolute atomic E-state index is 0.0678. The van der Waals surface area contributed by atoms with E-state index < -0.39 is 0 Å². The number of aromatic nitrogens is 3. The molecule has 3 rings (SSSR count). The summed E-state index contributed by atoms with van der Waals surface area (Å²) >= 11 is 1.52. The number of rotatable bonds is 3. The number of nitrogens with two attached hydrogens (primary N) is 1. The van der Waals surface area contributed by atoms with Crippen molar-refractivity contribution in [3.63, 3.8) is 0 Å². The maximum atomic E-state index is 5.82. The van der Waals surface area contributed by atoms with Gasteiger partial charge in [0.25, 0.3) is 11.8 Å². The number of hydrogen-bond acceptors (Lipinski definition) is 7. The SMILES string of the molecule is CC(N)c1nc(-c2nc(N3CCCCCC3)no2)cs1. The molecule has 2 aromatic heterocycles. The first-order valence-electron chi connectivity index (χ1n) is 7.04. The Morgan fingerprint density at radius 2 is 2.00 bits per heavy atom. The van der Waals surface area contributed by atoms with Gasteiger partial charge in [0, 0.05) is 18.5 Å². The normalized spacial score (nSPS) is 18.0. The van der Waals surface area contributed by atoms with Crippen molar-refractivity contribution in [2.45, 2.75) is 38.6 Å². The van der Waals surface area contributed by atoms with Crippen molar-refractivity contribution >= 4 is 17.3 Å². The van der Waals surface area contributed by atoms with Gasteiger partial charge in [-0.05, 0) is 24.9 Å². The van der Waals surface area contributed by atoms with Crippen LogP contribution in [0.5, 0.6) is 0 Å². The van der Waals surface area contributed by atoms with Crippen molar-refractivity contribution in [1.82, 2.24) is 15.1 Å². The molecule has 0 amide bonds. The van der Waals surface area contributed by atoms with Crippen molar-refractivity contribution in [3.8, 4) is 11.6 Å². The molecule has 0 bridgehead atoms. The molecule has 0 aliphatic carbocycles. The lowest BCUT2D eigenvalue weighted by molar-refractivity contribution is 0.428. The van der Waals surface area contributed by atoms with E-state index in [2.05, 4.69) is 20.0 Å². The Balaban J connectivity index is 1.78. The Morgan fingerprint density at radius 3 is 2.65 bits per heavy atom. The molecule has 0 radical (unpaired) electrons. The summed E-state index contributed by atoms with van der Waals surface area (Å²) in [5.41, 5.74) is 6.54. The van der Waals surface area contributed by atoms with Crippen LogP contribution in [0.4, 0.5) is 5.95 Å². The van der Waals surface area contributed by atoms with Gasteiger partial charge < -0.3 is 15.2 Å². The smallest absolute Gasteiger partial charge is 0.278 e. The van der Waals surface area contributed by atoms with Gasteiger partial charge in [0.15, 0.2) is 0 Å². The van der Waals surface area contributed by atoms with E-state index in [4.69, 9.17) is 10.3 Å². The fourth-order valence-corrected chi connectivity index (χ4v) is 3.07. The molecule has 1 saturated heterocycles. The van der Waals surface area contributed by atoms with E-state index in [1.807, 2.05) is 12.3 Å². The highest BCUT2D eigenvalue weighted by atomic mass is 32.1. The molecule has 1 fully saturated rings. The molecule has 2 aromatic rings. The fraction of sp³-hybridized carbons (Fsp3) is 0.615. The molecule has 1 aliphatic heterocycles. The first-order valence-corrected chi connectivity index (χ1v) is 7.92. The van der Waals surface area contributed by atoms with Crippen LogP contribution in [0, 0.1) is 0 Å². The Bertz CT molecular complexity index is 557. The summed E-state index contributed by atoms with van der Waals surface area (Å²) in [4.78, 5) is 11.1. The van der Waals surface area contributed by atoms with Crippen molar-refractivity contribution < 1.29 is 4.52 Å². The van der Waals surface area contributed by atoms with E-state index in [9.17, 15) is 0 Å². The first kappa shape index (κ1) is 13.5. The quantitative estimate of drug-likeness (QED) is 0.936. The highest BCUT2D eigenvalue weighted by Crippen LogP contribution is 2.25. The molecule has 7 heteroatoms. The predicted molar refractivity (Wildman–Crippen MR) is 78.7 cm³/mol. The van der Waals surface area contributed by atoms with Gasteiger partial charge in [0.2, 0.25) is 0 Å². The minimum Gasteiger partial charge on any atom is -0.338 e. The summed E-state index contributed by atoms with van der Waals surface area (Å²) in [6.45, 7) is 3.92. The second kappa shape index (κ2) is 5.88. The van der Waals surface area contributed by atoms with Crippen LogP contribution in [0.15, 0.2) is 9.90 Å². The van der Waals surface area contributed by atoms with Crippen molar-refractivity contribution in [2.24, 2.45) is 5.73 Å². The summed E-state index contributed by atoms with van der Waals surface area (Å²) < 4.78 is 5.34. The molecule has 1 aliphatic rings. The molecule has 6 nitrogen and oxygen atoms in total. The summed E-state index contributed by atoms with van der Waals surface area (Å²) in [5.74, 6) is 1.16. The van der Waals surface area contributed by atoms with E-state index in [1.54, 1.807) is 0 Å². The maximum Gasteiger partial charge on any atom is 0.278 e. The lowest BCUT2D eigenvalue weighted by atomic mass is 10.2. The minimum atomic E-state index is -0.0678. The zero-order valence-electron chi connectivity index (χ0n) is 11.6. The summed E-state index contributed by atoms with van der Waals surface area (Å²) in [6, 6.07) is -0.0678. The van der Waals surface area contributed by atoms with Crippen LogP contribution in [-0.4, -0.2) is 28.2 Å². The molecule has 1 atom stereocenters. The Morgan fingerprint density at radius 1 is 1.25 bits per heavy atom. The lowest BCUT2D eigenvalue weighted by Crippen LogP contribution is -2.24. The zero-order valence-corrected chi connectivity index (χ0v) is 12.4. The van der Waals surface area contributed by atoms with Gasteiger partial charge >= 0.3 is 0 Å². The molecule has 0 spiro atoms. The van der Waals surface area contributed by atoms with Crippen molar-refractivity contribution in [3.05, 3.63) is 10.4 Å². The highest BCUT2D eigenvalue weighted by Gasteiger charge is 2.18. The molecule has 3 heterocycles. The van der Waals surface area contributed by atoms with Gasteiger partial charge in [-0.15, -0.1) is 11.3 Å². The Hall–Kier alpha value is -1.47. The molecule has 2 N–H and O–H groups in total. The van der Waals surface area contributed by atoms with Crippen molar-refractivity contribution in [2.75, 3.05) is 18.0 Å². The van der Waals surface area contributed by atoms with Gasteiger partial charge in [0.1, 0.15) is 10.7 Å². The van der Waals surface area contributed by atoms with Crippen molar-refractivity contribution in [1.29, 1.82) is 0 Å². The third kappa shape index (κ3) is 2.83. The van der Waals surface area contributed by atoms with E-state index in [1.165, 1.54) is 37.0 Å². The number of hydrogen-bond donors (Lipinski definition) is 1. The summed E-state index contributed by atoms with van der Waals surface area (Å²) in [7, 11) is 0. The number of anilines is 1. The molecule has 1 unspecified atom stereocenters. The standard InChI is InChI=1S/C13H19N5OS/c1-9(14)12-15-10(8-20-12)11-16-13(17-19-11)18-6-4-2-3-5-7-18/h8-9H,2-7,14H2,1H3. The van der Waals surface area contributed by atoms with Gasteiger partial charge in [-0.25, -0.2) is 4.98 Å². The molecular weight excluding hydrogens is 274 g/mol. The lowest BCUT2D eigenvalue weighted by Gasteiger charge is -2.16. The highest BCUT2D eigenvalue weighted by molar-refractivity contribution is 7.10. The van der Waals surface area contributed by atoms with E-state index in [0.29, 0.717) is 11.8 Å². The second-order valence-corrected chi connectivity index (χ2v) is 6.05. The average molecular weight is 293 g/mol. The van der Waals surface area contributed by atoms with E-state index in [-0.39, 0.29) is 6.04 Å². The van der Waals surface area contributed by atoms with Crippen LogP contribution >= 0.6 is 11.3 Å². The Kier molecular flexibility index (Phi) is 3.98. The number of thiazole rings is 1. The van der Waals surface area contributed by atoms with Crippen LogP contribution in [0.1, 0.15) is 43.7 Å². The maximum absolute atomic E-state index is 5.82. The number of nitrogens with zero attached hydrogens (tertiary/aromatic N) is 4. The monoisotopic (exact) mass is 293 g/mol. The van der Waals surface area contributed by atoms with E-state index in [0.717, 1.165) is 23.8 Å². The van der Waals surface area contributed by atoms with Crippen LogP contribution in [0.3, 0.4) is 0 Å². The molecule has 0 saturated carbocycles. The van der Waals surface area contributed by atoms with Gasteiger partial charge in [0.05, 0.1) is 6.04 Å². The first-order chi connectivity index (χ1) is 9.74. The van der Waals surface area contributed by atoms with Gasteiger partial charge in [-0.2, -0.15) is 4.98 Å². The van der Waals surface area contributed by atoms with Crippen LogP contribution in [0.25, 0.3) is 11.6 Å². The predicted octanol–water partition coefficient (Wildman–Crippen LogP) is 2.59. The largest absolute Gasteiger partial charge is 0.338 e. The Labute approximate surface area is 122 Å².